The Morgan fingerprint density at radius 3 is 2.52 bits per heavy atom. The number of esters is 1. The van der Waals surface area contributed by atoms with Gasteiger partial charge in [-0.2, -0.15) is 5.69 Å². The van der Waals surface area contributed by atoms with E-state index in [1.165, 1.54) is 19.3 Å². The molecular weight excluding hydrogens is 578 g/mol. The third kappa shape index (κ3) is 5.97. The molecular formula is C31H42NO12-. The molecule has 0 unspecified atom stereocenters. The minimum Gasteiger partial charge on any atom is -0.658 e. The Morgan fingerprint density at radius 1 is 1.23 bits per heavy atom. The molecule has 1 saturated heterocycles. The van der Waals surface area contributed by atoms with Crippen LogP contribution in [0.3, 0.4) is 0 Å². The first-order valence-corrected chi connectivity index (χ1v) is 14.7. The Bertz CT molecular complexity index is 1380. The SMILES string of the molecule is C=C[C@@H]1[C@H](CC(=O)O)C(C(=O)OC)=CC[C@H]1O[C@]1(CO)O[C@H](CO)[C@]2(C=c3cc(C(C)C)[n-]c3=C(CCCO)O2)[C@H](O)[C@H]1O. The number of carboxylic acids is 1. The molecule has 3 aliphatic rings. The average molecular weight is 621 g/mol. The molecule has 1 aromatic heterocycles. The maximum Gasteiger partial charge on any atom is 0.333 e. The zero-order valence-electron chi connectivity index (χ0n) is 25.1. The Hall–Kier alpha value is -3.04. The van der Waals surface area contributed by atoms with Crippen molar-refractivity contribution in [1.82, 2.24) is 4.98 Å². The van der Waals surface area contributed by atoms with Crippen molar-refractivity contribution in [2.45, 2.75) is 81.3 Å². The number of carboxylic acid groups (broad SMARTS) is 1. The minimum atomic E-state index is -2.29. The number of methoxy groups -OCH3 is 1. The van der Waals surface area contributed by atoms with E-state index in [-0.39, 0.29) is 30.9 Å². The Morgan fingerprint density at radius 2 is 1.95 bits per heavy atom. The van der Waals surface area contributed by atoms with E-state index in [1.54, 1.807) is 6.08 Å². The van der Waals surface area contributed by atoms with Crippen molar-refractivity contribution in [2.75, 3.05) is 26.9 Å². The molecule has 0 saturated carbocycles. The van der Waals surface area contributed by atoms with E-state index in [2.05, 4.69) is 11.6 Å². The summed E-state index contributed by atoms with van der Waals surface area (Å²) >= 11 is 0. The predicted molar refractivity (Wildman–Crippen MR) is 154 cm³/mol. The van der Waals surface area contributed by atoms with Gasteiger partial charge in [0.1, 0.15) is 24.9 Å². The number of hydrogen-bond donors (Lipinski definition) is 6. The van der Waals surface area contributed by atoms with Gasteiger partial charge in [0.2, 0.25) is 5.79 Å². The zero-order chi connectivity index (χ0) is 32.4. The molecule has 2 aliphatic heterocycles. The van der Waals surface area contributed by atoms with Crippen LogP contribution >= 0.6 is 0 Å². The van der Waals surface area contributed by atoms with Gasteiger partial charge in [-0.3, -0.25) is 4.79 Å². The molecule has 1 spiro atoms. The number of rotatable bonds is 12. The molecule has 0 aromatic carbocycles. The molecule has 0 bridgehead atoms. The highest BCUT2D eigenvalue weighted by atomic mass is 16.7. The molecule has 44 heavy (non-hydrogen) atoms. The van der Waals surface area contributed by atoms with Gasteiger partial charge in [0, 0.05) is 30.4 Å². The van der Waals surface area contributed by atoms with Crippen LogP contribution < -0.4 is 15.6 Å². The van der Waals surface area contributed by atoms with Gasteiger partial charge < -0.3 is 54.6 Å². The van der Waals surface area contributed by atoms with E-state index >= 15 is 0 Å². The highest BCUT2D eigenvalue weighted by molar-refractivity contribution is 5.90. The third-order valence-corrected chi connectivity index (χ3v) is 8.66. The molecule has 1 aliphatic carbocycles. The molecule has 0 amide bonds. The number of carbonyl (C=O) groups is 2. The second-order valence-corrected chi connectivity index (χ2v) is 11.7. The van der Waals surface area contributed by atoms with Crippen molar-refractivity contribution in [3.63, 3.8) is 0 Å². The monoisotopic (exact) mass is 620 g/mol. The van der Waals surface area contributed by atoms with Crippen LogP contribution in [0.2, 0.25) is 0 Å². The van der Waals surface area contributed by atoms with Crippen LogP contribution in [-0.2, 0) is 28.5 Å². The van der Waals surface area contributed by atoms with Crippen molar-refractivity contribution in [3.05, 3.63) is 46.6 Å². The van der Waals surface area contributed by atoms with Crippen molar-refractivity contribution >= 4 is 23.8 Å². The van der Waals surface area contributed by atoms with Gasteiger partial charge in [-0.25, -0.2) is 4.79 Å². The molecule has 6 N–H and O–H groups in total. The summed E-state index contributed by atoms with van der Waals surface area (Å²) in [6.45, 7) is 5.92. The molecule has 1 fully saturated rings. The lowest BCUT2D eigenvalue weighted by Crippen LogP contribution is -2.74. The number of aliphatic hydroxyl groups excluding tert-OH is 5. The van der Waals surface area contributed by atoms with Crippen LogP contribution in [0.1, 0.15) is 51.1 Å². The first kappa shape index (κ1) is 33.8. The number of aromatic nitrogens is 1. The lowest BCUT2D eigenvalue weighted by atomic mass is 9.74. The van der Waals surface area contributed by atoms with E-state index in [9.17, 15) is 40.2 Å². The summed E-state index contributed by atoms with van der Waals surface area (Å²) in [6, 6.07) is 1.83. The van der Waals surface area contributed by atoms with Crippen molar-refractivity contribution in [3.8, 4) is 0 Å². The second-order valence-electron chi connectivity index (χ2n) is 11.7. The molecule has 4 rings (SSSR count). The van der Waals surface area contributed by atoms with Crippen LogP contribution in [-0.4, -0.2) is 105 Å². The smallest absolute Gasteiger partial charge is 0.333 e. The maximum absolute atomic E-state index is 12.4. The molecule has 3 heterocycles. The number of nitrogens with zero attached hydrogens (tertiary/aromatic N) is 1. The van der Waals surface area contributed by atoms with Gasteiger partial charge in [0.05, 0.1) is 32.0 Å². The maximum atomic E-state index is 12.4. The predicted octanol–water partition coefficient (Wildman–Crippen LogP) is -1.22. The fourth-order valence-electron chi connectivity index (χ4n) is 6.36. The van der Waals surface area contributed by atoms with Crippen molar-refractivity contribution < 1.29 is 59.2 Å². The number of aliphatic hydroxyl groups is 5. The quantitative estimate of drug-likeness (QED) is 0.120. The standard InChI is InChI=1S/C31H42NO12/c1-5-18-20(12-25(36)37)19(29(40)41-4)8-9-22(18)43-31(15-35)28(39)27(38)30(24(14-34)44-31)13-17-11-21(16(2)3)32-26(17)23(42-30)7-6-10-33/h5,8,11,13,16,18,20,22,24,27-28,33-35,38-39H,1,6-7,9-10,12,14-15H2,2-4H3,(H,36,37)/q-1/t18-,20+,22-,24-,27-,28-,30-,31-/m1/s1. The van der Waals surface area contributed by atoms with Gasteiger partial charge in [0.15, 0.2) is 5.60 Å². The first-order chi connectivity index (χ1) is 20.9. The Labute approximate surface area is 254 Å². The average Bonchev–Trinajstić information content (AvgIpc) is 3.44. The molecule has 244 valence electrons. The van der Waals surface area contributed by atoms with E-state index in [0.717, 1.165) is 5.69 Å². The molecule has 0 radical (unpaired) electrons. The van der Waals surface area contributed by atoms with Gasteiger partial charge in [-0.05, 0) is 30.1 Å². The van der Waals surface area contributed by atoms with Gasteiger partial charge >= 0.3 is 11.9 Å². The molecule has 8 atom stereocenters. The van der Waals surface area contributed by atoms with E-state index in [4.69, 9.17) is 18.9 Å². The summed E-state index contributed by atoms with van der Waals surface area (Å²) in [5, 5.41) is 64.6. The molecule has 1 aromatic rings. The number of fused-ring (bicyclic) bond motifs is 1. The highest BCUT2D eigenvalue weighted by Crippen LogP contribution is 2.45. The fourth-order valence-corrected chi connectivity index (χ4v) is 6.36. The lowest BCUT2D eigenvalue weighted by molar-refractivity contribution is -0.394. The normalized spacial score (nSPS) is 33.3. The van der Waals surface area contributed by atoms with Crippen LogP contribution in [0.25, 0.3) is 11.8 Å². The largest absolute Gasteiger partial charge is 0.658 e. The third-order valence-electron chi connectivity index (χ3n) is 8.66. The van der Waals surface area contributed by atoms with E-state index in [0.29, 0.717) is 22.7 Å². The second kappa shape index (κ2) is 13.5. The summed E-state index contributed by atoms with van der Waals surface area (Å²) < 4.78 is 23.5. The number of aliphatic carboxylic acids is 1. The number of hydrogen-bond acceptors (Lipinski definition) is 11. The summed E-state index contributed by atoms with van der Waals surface area (Å²) in [7, 11) is 1.18. The number of ether oxygens (including phenoxy) is 4. The topological polar surface area (TPSA) is 207 Å². The van der Waals surface area contributed by atoms with Crippen LogP contribution in [0.4, 0.5) is 0 Å². The molecule has 13 nitrogen and oxygen atoms in total. The van der Waals surface area contributed by atoms with Gasteiger partial charge in [-0.1, -0.05) is 37.4 Å². The van der Waals surface area contributed by atoms with Crippen molar-refractivity contribution in [1.29, 1.82) is 0 Å². The Balaban J connectivity index is 1.74. The lowest BCUT2D eigenvalue weighted by Gasteiger charge is -2.55. The summed E-state index contributed by atoms with van der Waals surface area (Å²) in [6.07, 6.45) is -1.49. The zero-order valence-corrected chi connectivity index (χ0v) is 25.1. The summed E-state index contributed by atoms with van der Waals surface area (Å²) in [5.74, 6) is -5.47. The van der Waals surface area contributed by atoms with Crippen LogP contribution in [0.15, 0.2) is 30.4 Å². The first-order valence-electron chi connectivity index (χ1n) is 14.7. The van der Waals surface area contributed by atoms with Gasteiger partial charge in [-0.15, -0.1) is 6.58 Å². The van der Waals surface area contributed by atoms with Gasteiger partial charge in [0.25, 0.3) is 0 Å². The van der Waals surface area contributed by atoms with E-state index < -0.39 is 79.2 Å². The highest BCUT2D eigenvalue weighted by Gasteiger charge is 2.64. The number of carbonyl (C=O) groups excluding carboxylic acids is 1. The van der Waals surface area contributed by atoms with E-state index in [1.807, 2.05) is 19.9 Å². The molecule has 13 heteroatoms. The minimum absolute atomic E-state index is 0.0301. The van der Waals surface area contributed by atoms with Crippen LogP contribution in [0, 0.1) is 11.8 Å². The fraction of sp³-hybridized carbons (Fsp3) is 0.613. The summed E-state index contributed by atoms with van der Waals surface area (Å²) in [4.78, 5) is 28.8. The van der Waals surface area contributed by atoms with Crippen LogP contribution in [0.5, 0.6) is 0 Å². The summed E-state index contributed by atoms with van der Waals surface area (Å²) in [5.41, 5.74) is -0.935. The Kier molecular flexibility index (Phi) is 10.4. The van der Waals surface area contributed by atoms with Crippen molar-refractivity contribution in [2.24, 2.45) is 11.8 Å².